The molecule has 0 bridgehead atoms. The molecule has 0 spiro atoms. The Labute approximate surface area is 164 Å². The van der Waals surface area contributed by atoms with Crippen LogP contribution in [-0.4, -0.2) is 39.3 Å². The molecule has 0 radical (unpaired) electrons. The summed E-state index contributed by atoms with van der Waals surface area (Å²) in [6.45, 7) is 1.28. The first-order valence-electron chi connectivity index (χ1n) is 8.81. The number of likely N-dealkylation sites (N-methyl/N-ethyl adjacent to an activating group) is 1. The van der Waals surface area contributed by atoms with Crippen LogP contribution >= 0.6 is 0 Å². The molecule has 0 aromatic heterocycles. The molecule has 0 saturated carbocycles. The van der Waals surface area contributed by atoms with E-state index < -0.39 is 11.3 Å². The van der Waals surface area contributed by atoms with Gasteiger partial charge in [-0.1, -0.05) is 12.1 Å². The van der Waals surface area contributed by atoms with Gasteiger partial charge in [0, 0.05) is 24.9 Å². The van der Waals surface area contributed by atoms with Crippen LogP contribution in [0.5, 0.6) is 11.5 Å². The Hall–Kier alpha value is -3.47. The molecule has 0 saturated heterocycles. The van der Waals surface area contributed by atoms with E-state index in [9.17, 15) is 15.8 Å². The van der Waals surface area contributed by atoms with Crippen molar-refractivity contribution in [3.05, 3.63) is 46.7 Å². The van der Waals surface area contributed by atoms with Crippen molar-refractivity contribution in [1.82, 2.24) is 4.90 Å². The number of fused-ring (bicyclic) bond motifs is 1. The van der Waals surface area contributed by atoms with E-state index in [0.717, 1.165) is 11.1 Å². The van der Waals surface area contributed by atoms with E-state index in [0.29, 0.717) is 24.6 Å². The highest BCUT2D eigenvalue weighted by Gasteiger charge is 2.54. The van der Waals surface area contributed by atoms with E-state index in [4.69, 9.17) is 15.2 Å². The number of nitrogens with two attached hydrogens (primary N) is 1. The Balaban J connectivity index is 2.32. The van der Waals surface area contributed by atoms with E-state index >= 15 is 0 Å². The van der Waals surface area contributed by atoms with Crippen molar-refractivity contribution in [1.29, 1.82) is 15.8 Å². The first-order chi connectivity index (χ1) is 13.5. The number of methoxy groups -OCH3 is 2. The molecule has 7 nitrogen and oxygen atoms in total. The Kier molecular flexibility index (Phi) is 5.01. The smallest absolute Gasteiger partial charge is 0.191 e. The van der Waals surface area contributed by atoms with Crippen LogP contribution in [0.4, 0.5) is 0 Å². The van der Waals surface area contributed by atoms with Gasteiger partial charge < -0.3 is 20.1 Å². The third-order valence-electron chi connectivity index (χ3n) is 5.61. The highest BCUT2D eigenvalue weighted by atomic mass is 16.5. The van der Waals surface area contributed by atoms with Crippen LogP contribution in [0, 0.1) is 45.3 Å². The zero-order valence-electron chi connectivity index (χ0n) is 16.1. The molecule has 1 aromatic carbocycles. The molecule has 0 fully saturated rings. The topological polar surface area (TPSA) is 119 Å². The van der Waals surface area contributed by atoms with Gasteiger partial charge in [-0.25, -0.2) is 0 Å². The van der Waals surface area contributed by atoms with E-state index in [1.165, 1.54) is 7.11 Å². The van der Waals surface area contributed by atoms with Gasteiger partial charge in [0.25, 0.3) is 0 Å². The van der Waals surface area contributed by atoms with Gasteiger partial charge in [0.15, 0.2) is 16.9 Å². The zero-order chi connectivity index (χ0) is 20.5. The largest absolute Gasteiger partial charge is 0.493 e. The summed E-state index contributed by atoms with van der Waals surface area (Å²) in [6.07, 6.45) is 1.96. The van der Waals surface area contributed by atoms with E-state index in [2.05, 4.69) is 23.1 Å². The summed E-state index contributed by atoms with van der Waals surface area (Å²) in [5.41, 5.74) is 6.45. The van der Waals surface area contributed by atoms with E-state index in [-0.39, 0.29) is 17.2 Å². The lowest BCUT2D eigenvalue weighted by molar-refractivity contribution is 0.237. The van der Waals surface area contributed by atoms with Crippen LogP contribution in [0.3, 0.4) is 0 Å². The summed E-state index contributed by atoms with van der Waals surface area (Å²) in [4.78, 5) is 2.10. The van der Waals surface area contributed by atoms with Gasteiger partial charge in [-0.15, -0.1) is 0 Å². The van der Waals surface area contributed by atoms with Crippen LogP contribution < -0.4 is 15.2 Å². The molecule has 2 aliphatic rings. The molecule has 28 heavy (non-hydrogen) atoms. The Morgan fingerprint density at radius 3 is 2.39 bits per heavy atom. The van der Waals surface area contributed by atoms with Crippen LogP contribution in [0.1, 0.15) is 11.5 Å². The van der Waals surface area contributed by atoms with Crippen LogP contribution in [0.25, 0.3) is 0 Å². The van der Waals surface area contributed by atoms with Crippen molar-refractivity contribution in [3.8, 4) is 29.7 Å². The number of allylic oxidation sites excluding steroid dienone is 2. The van der Waals surface area contributed by atoms with Crippen molar-refractivity contribution in [2.75, 3.05) is 34.4 Å². The highest BCUT2D eigenvalue weighted by molar-refractivity contribution is 5.60. The number of nitriles is 3. The maximum Gasteiger partial charge on any atom is 0.191 e. The number of hydrogen-bond donors (Lipinski definition) is 1. The summed E-state index contributed by atoms with van der Waals surface area (Å²) < 4.78 is 10.7. The second kappa shape index (κ2) is 7.27. The number of ether oxygens (including phenoxy) is 2. The fourth-order valence-electron chi connectivity index (χ4n) is 4.25. The Bertz CT molecular complexity index is 976. The number of benzene rings is 1. The van der Waals surface area contributed by atoms with Crippen molar-refractivity contribution in [2.45, 2.75) is 5.92 Å². The van der Waals surface area contributed by atoms with Crippen LogP contribution in [-0.2, 0) is 0 Å². The Morgan fingerprint density at radius 1 is 1.14 bits per heavy atom. The molecule has 1 aliphatic heterocycles. The quantitative estimate of drug-likeness (QED) is 0.858. The molecule has 2 atom stereocenters. The molecule has 0 amide bonds. The molecule has 2 N–H and O–H groups in total. The van der Waals surface area contributed by atoms with Gasteiger partial charge in [-0.2, -0.15) is 15.8 Å². The molecule has 1 aromatic rings. The van der Waals surface area contributed by atoms with Gasteiger partial charge >= 0.3 is 0 Å². The first-order valence-corrected chi connectivity index (χ1v) is 8.81. The lowest BCUT2D eigenvalue weighted by Crippen LogP contribution is -2.47. The van der Waals surface area contributed by atoms with Crippen LogP contribution in [0.2, 0.25) is 0 Å². The summed E-state index contributed by atoms with van der Waals surface area (Å²) in [5, 5.41) is 29.8. The minimum absolute atomic E-state index is 0.0202. The summed E-state index contributed by atoms with van der Waals surface area (Å²) in [7, 11) is 5.04. The van der Waals surface area contributed by atoms with Gasteiger partial charge in [0.2, 0.25) is 0 Å². The predicted molar refractivity (Wildman–Crippen MR) is 102 cm³/mol. The molecule has 3 rings (SSSR count). The summed E-state index contributed by atoms with van der Waals surface area (Å²) in [5.74, 6) is 0.291. The van der Waals surface area contributed by atoms with Gasteiger partial charge in [0.1, 0.15) is 6.07 Å². The van der Waals surface area contributed by atoms with E-state index in [1.54, 1.807) is 19.2 Å². The summed E-state index contributed by atoms with van der Waals surface area (Å²) >= 11 is 0. The summed E-state index contributed by atoms with van der Waals surface area (Å²) in [6, 6.07) is 11.7. The molecular formula is C21H21N5O2. The predicted octanol–water partition coefficient (Wildman–Crippen LogP) is 2.06. The average molecular weight is 375 g/mol. The SMILES string of the molecule is COc1ccc(C2C3CN(C)CC=C3C(C#N)=C(N)C2(C#N)C#N)cc1OC. The fourth-order valence-corrected chi connectivity index (χ4v) is 4.25. The van der Waals surface area contributed by atoms with Crippen molar-refractivity contribution in [2.24, 2.45) is 17.1 Å². The number of rotatable bonds is 3. The highest BCUT2D eigenvalue weighted by Crippen LogP contribution is 2.54. The maximum atomic E-state index is 10.1. The normalized spacial score (nSPS) is 23.5. The van der Waals surface area contributed by atoms with Crippen molar-refractivity contribution < 1.29 is 9.47 Å². The zero-order valence-corrected chi connectivity index (χ0v) is 16.1. The van der Waals surface area contributed by atoms with Crippen molar-refractivity contribution >= 4 is 0 Å². The molecule has 1 heterocycles. The molecule has 7 heteroatoms. The van der Waals surface area contributed by atoms with Gasteiger partial charge in [-0.05, 0) is 30.3 Å². The van der Waals surface area contributed by atoms with Gasteiger partial charge in [0.05, 0.1) is 37.6 Å². The fraction of sp³-hybridized carbons (Fsp3) is 0.381. The monoisotopic (exact) mass is 375 g/mol. The third-order valence-corrected chi connectivity index (χ3v) is 5.61. The molecular weight excluding hydrogens is 354 g/mol. The average Bonchev–Trinajstić information content (AvgIpc) is 2.72. The number of nitrogens with zero attached hydrogens (tertiary/aromatic N) is 4. The lowest BCUT2D eigenvalue weighted by atomic mass is 9.58. The van der Waals surface area contributed by atoms with Crippen molar-refractivity contribution in [3.63, 3.8) is 0 Å². The second-order valence-electron chi connectivity index (χ2n) is 7.01. The minimum Gasteiger partial charge on any atom is -0.493 e. The van der Waals surface area contributed by atoms with Crippen LogP contribution in [0.15, 0.2) is 41.1 Å². The molecule has 142 valence electrons. The second-order valence-corrected chi connectivity index (χ2v) is 7.01. The number of hydrogen-bond acceptors (Lipinski definition) is 7. The first kappa shape index (κ1) is 19.3. The maximum absolute atomic E-state index is 10.1. The molecule has 1 aliphatic carbocycles. The third kappa shape index (κ3) is 2.67. The standard InChI is InChI=1S/C21H21N5O2/c1-26-7-6-14-15(9-22)20(25)21(11-23,12-24)19(16(14)10-26)13-4-5-17(27-2)18(8-13)28-3/h4-6,8,16,19H,7,10,25H2,1-3H3. The molecule has 2 unspecified atom stereocenters. The lowest BCUT2D eigenvalue weighted by Gasteiger charge is -2.45. The Morgan fingerprint density at radius 2 is 1.82 bits per heavy atom. The minimum atomic E-state index is -1.65. The van der Waals surface area contributed by atoms with Gasteiger partial charge in [-0.3, -0.25) is 0 Å². The van der Waals surface area contributed by atoms with E-state index in [1.807, 2.05) is 19.2 Å².